The Labute approximate surface area is 207 Å². The highest BCUT2D eigenvalue weighted by molar-refractivity contribution is 8.01. The first kappa shape index (κ1) is 24.9. The minimum Gasteiger partial charge on any atom is -0.495 e. The number of benzene rings is 1. The zero-order chi connectivity index (χ0) is 24.5. The minimum atomic E-state index is -1.03. The standard InChI is InChI=1S/C24H30ClN3O5S/c1-14(2)28-22(31)26-27-23(28)34-20-18(29)13-24(33-21(20)30,16-6-4-5-7-16)11-10-15-8-9-19(32-3)17(25)12-15/h8-9,12,14,16,20H,4-7,10-11,13H2,1-3H3,(H,26,31). The van der Waals surface area contributed by atoms with Gasteiger partial charge in [-0.1, -0.05) is 42.3 Å². The number of cyclic esters (lactones) is 1. The van der Waals surface area contributed by atoms with Gasteiger partial charge in [0.05, 0.1) is 12.1 Å². The number of thioether (sulfide) groups is 1. The summed E-state index contributed by atoms with van der Waals surface area (Å²) < 4.78 is 12.8. The molecule has 2 aliphatic rings. The number of halogens is 1. The van der Waals surface area contributed by atoms with Crippen LogP contribution in [0.3, 0.4) is 0 Å². The number of rotatable bonds is 8. The Bertz CT molecular complexity index is 1100. The number of nitrogens with one attached hydrogen (secondary N) is 1. The van der Waals surface area contributed by atoms with E-state index < -0.39 is 16.8 Å². The van der Waals surface area contributed by atoms with Gasteiger partial charge in [0.2, 0.25) is 0 Å². The highest BCUT2D eigenvalue weighted by atomic mass is 35.5. The van der Waals surface area contributed by atoms with Gasteiger partial charge >= 0.3 is 11.7 Å². The smallest absolute Gasteiger partial charge is 0.344 e. The molecule has 184 valence electrons. The number of ether oxygens (including phenoxy) is 2. The summed E-state index contributed by atoms with van der Waals surface area (Å²) in [5, 5.41) is 6.23. The molecule has 1 aliphatic carbocycles. The number of ketones is 1. The molecule has 4 rings (SSSR count). The fourth-order valence-corrected chi connectivity index (χ4v) is 6.46. The molecular formula is C24H30ClN3O5S. The lowest BCUT2D eigenvalue weighted by Gasteiger charge is -2.42. The quantitative estimate of drug-likeness (QED) is 0.418. The van der Waals surface area contributed by atoms with Crippen molar-refractivity contribution >= 4 is 35.1 Å². The van der Waals surface area contributed by atoms with Crippen LogP contribution in [0.4, 0.5) is 0 Å². The van der Waals surface area contributed by atoms with Crippen molar-refractivity contribution in [3.8, 4) is 5.75 Å². The molecule has 1 aromatic heterocycles. The van der Waals surface area contributed by atoms with Gasteiger partial charge in [-0.15, -0.1) is 5.10 Å². The third kappa shape index (κ3) is 4.91. The number of carbonyl (C=O) groups excluding carboxylic acids is 2. The van der Waals surface area contributed by atoms with E-state index in [0.29, 0.717) is 28.8 Å². The lowest BCUT2D eigenvalue weighted by atomic mass is 9.76. The molecule has 2 atom stereocenters. The molecule has 10 heteroatoms. The second kappa shape index (κ2) is 10.2. The summed E-state index contributed by atoms with van der Waals surface area (Å²) in [5.74, 6) is 0.0333. The second-order valence-corrected chi connectivity index (χ2v) is 10.8. The van der Waals surface area contributed by atoms with Crippen molar-refractivity contribution in [2.24, 2.45) is 5.92 Å². The summed E-state index contributed by atoms with van der Waals surface area (Å²) in [4.78, 5) is 38.6. The molecule has 0 spiro atoms. The van der Waals surface area contributed by atoms with Gasteiger partial charge in [-0.3, -0.25) is 14.2 Å². The minimum absolute atomic E-state index is 0.152. The van der Waals surface area contributed by atoms with Crippen molar-refractivity contribution in [2.75, 3.05) is 7.11 Å². The Kier molecular flexibility index (Phi) is 7.42. The van der Waals surface area contributed by atoms with Crippen LogP contribution in [-0.2, 0) is 20.7 Å². The zero-order valence-corrected chi connectivity index (χ0v) is 21.2. The van der Waals surface area contributed by atoms with Crippen molar-refractivity contribution in [1.82, 2.24) is 14.8 Å². The van der Waals surface area contributed by atoms with Gasteiger partial charge in [0.15, 0.2) is 16.2 Å². The van der Waals surface area contributed by atoms with Crippen molar-refractivity contribution in [1.29, 1.82) is 0 Å². The van der Waals surface area contributed by atoms with E-state index in [1.165, 1.54) is 4.57 Å². The number of aromatic nitrogens is 3. The Hall–Kier alpha value is -2.26. The molecule has 1 saturated heterocycles. The average molecular weight is 508 g/mol. The van der Waals surface area contributed by atoms with Crippen LogP contribution in [0.15, 0.2) is 28.2 Å². The van der Waals surface area contributed by atoms with Crippen LogP contribution in [-0.4, -0.2) is 44.5 Å². The SMILES string of the molecule is COc1ccc(CCC2(C3CCCC3)CC(=O)C(Sc3n[nH]c(=O)n3C(C)C)C(=O)O2)cc1Cl. The number of nitrogens with zero attached hydrogens (tertiary/aromatic N) is 2. The third-order valence-corrected chi connectivity index (χ3v) is 8.33. The molecule has 2 aromatic rings. The van der Waals surface area contributed by atoms with Crippen LogP contribution in [0.2, 0.25) is 5.02 Å². The van der Waals surface area contributed by atoms with Crippen LogP contribution >= 0.6 is 23.4 Å². The molecule has 0 radical (unpaired) electrons. The van der Waals surface area contributed by atoms with Crippen molar-refractivity contribution < 1.29 is 19.1 Å². The van der Waals surface area contributed by atoms with Gasteiger partial charge < -0.3 is 9.47 Å². The Morgan fingerprint density at radius 1 is 1.29 bits per heavy atom. The molecule has 1 saturated carbocycles. The molecule has 1 N–H and O–H groups in total. The molecule has 2 fully saturated rings. The largest absolute Gasteiger partial charge is 0.495 e. The van der Waals surface area contributed by atoms with Gasteiger partial charge in [-0.05, 0) is 63.1 Å². The van der Waals surface area contributed by atoms with Crippen LogP contribution < -0.4 is 10.4 Å². The number of aromatic amines is 1. The number of aryl methyl sites for hydroxylation is 1. The van der Waals surface area contributed by atoms with Crippen molar-refractivity contribution in [2.45, 2.75) is 80.8 Å². The molecule has 1 aromatic carbocycles. The molecule has 2 heterocycles. The maximum absolute atomic E-state index is 13.3. The van der Waals surface area contributed by atoms with Crippen LogP contribution in [0.25, 0.3) is 0 Å². The van der Waals surface area contributed by atoms with Crippen LogP contribution in [0.1, 0.15) is 64.0 Å². The maximum atomic E-state index is 13.3. The van der Waals surface area contributed by atoms with E-state index in [1.54, 1.807) is 7.11 Å². The van der Waals surface area contributed by atoms with Crippen LogP contribution in [0.5, 0.6) is 5.75 Å². The number of H-pyrrole nitrogens is 1. The first-order chi connectivity index (χ1) is 16.2. The average Bonchev–Trinajstić information content (AvgIpc) is 3.45. The van der Waals surface area contributed by atoms with Gasteiger partial charge in [0.25, 0.3) is 0 Å². The summed E-state index contributed by atoms with van der Waals surface area (Å²) in [7, 11) is 1.57. The lowest BCUT2D eigenvalue weighted by Crippen LogP contribution is -2.53. The highest BCUT2D eigenvalue weighted by Crippen LogP contribution is 2.46. The fraction of sp³-hybridized carbons (Fsp3) is 0.583. The highest BCUT2D eigenvalue weighted by Gasteiger charge is 2.52. The number of methoxy groups -OCH3 is 1. The summed E-state index contributed by atoms with van der Waals surface area (Å²) in [5.41, 5.74) is -0.189. The molecular weight excluding hydrogens is 478 g/mol. The molecule has 0 amide bonds. The molecule has 0 bridgehead atoms. The monoisotopic (exact) mass is 507 g/mol. The van der Waals surface area contributed by atoms with E-state index in [9.17, 15) is 14.4 Å². The van der Waals surface area contributed by atoms with Crippen LogP contribution in [0, 0.1) is 5.92 Å². The molecule has 1 aliphatic heterocycles. The van der Waals surface area contributed by atoms with E-state index in [2.05, 4.69) is 10.2 Å². The van der Waals surface area contributed by atoms with E-state index in [-0.39, 0.29) is 29.9 Å². The Morgan fingerprint density at radius 3 is 2.65 bits per heavy atom. The van der Waals surface area contributed by atoms with Gasteiger partial charge in [0, 0.05) is 12.5 Å². The normalized spacial score (nSPS) is 23.5. The number of Topliss-reactive ketones (excluding diaryl/α,β-unsaturated/α-hetero) is 1. The van der Waals surface area contributed by atoms with Crippen molar-refractivity contribution in [3.63, 3.8) is 0 Å². The predicted octanol–water partition coefficient (Wildman–Crippen LogP) is 4.35. The number of carbonyl (C=O) groups is 2. The predicted molar refractivity (Wildman–Crippen MR) is 130 cm³/mol. The Morgan fingerprint density at radius 2 is 2.03 bits per heavy atom. The molecule has 2 unspecified atom stereocenters. The Balaban J connectivity index is 1.54. The third-order valence-electron chi connectivity index (χ3n) is 6.85. The summed E-state index contributed by atoms with van der Waals surface area (Å²) >= 11 is 7.28. The fourth-order valence-electron chi connectivity index (χ4n) is 5.10. The summed E-state index contributed by atoms with van der Waals surface area (Å²) in [6.45, 7) is 3.69. The maximum Gasteiger partial charge on any atom is 0.344 e. The number of hydrogen-bond acceptors (Lipinski definition) is 7. The lowest BCUT2D eigenvalue weighted by molar-refractivity contribution is -0.177. The summed E-state index contributed by atoms with van der Waals surface area (Å²) in [6.07, 6.45) is 5.36. The van der Waals surface area contributed by atoms with E-state index in [0.717, 1.165) is 43.0 Å². The first-order valence-corrected chi connectivity index (χ1v) is 12.9. The van der Waals surface area contributed by atoms with E-state index in [4.69, 9.17) is 21.1 Å². The summed E-state index contributed by atoms with van der Waals surface area (Å²) in [6, 6.07) is 5.47. The van der Waals surface area contributed by atoms with Gasteiger partial charge in [-0.2, -0.15) is 0 Å². The van der Waals surface area contributed by atoms with Gasteiger partial charge in [-0.25, -0.2) is 9.89 Å². The van der Waals surface area contributed by atoms with Crippen molar-refractivity contribution in [3.05, 3.63) is 39.3 Å². The molecule has 8 nitrogen and oxygen atoms in total. The molecule has 34 heavy (non-hydrogen) atoms. The number of hydrogen-bond donors (Lipinski definition) is 1. The zero-order valence-electron chi connectivity index (χ0n) is 19.6. The van der Waals surface area contributed by atoms with E-state index >= 15 is 0 Å². The van der Waals surface area contributed by atoms with E-state index in [1.807, 2.05) is 32.0 Å². The van der Waals surface area contributed by atoms with Gasteiger partial charge in [0.1, 0.15) is 11.4 Å². The number of esters is 1. The topological polar surface area (TPSA) is 103 Å². The second-order valence-electron chi connectivity index (χ2n) is 9.35. The first-order valence-electron chi connectivity index (χ1n) is 11.7.